The molecule has 0 aromatic heterocycles. The number of aliphatic hydroxyl groups excluding tert-OH is 1. The quantitative estimate of drug-likeness (QED) is 0.668. The van der Waals surface area contributed by atoms with E-state index in [1.54, 1.807) is 0 Å². The van der Waals surface area contributed by atoms with Gasteiger partial charge in [0.2, 0.25) is 0 Å². The monoisotopic (exact) mass is 360 g/mol. The van der Waals surface area contributed by atoms with Crippen molar-refractivity contribution < 1.29 is 37.8 Å². The van der Waals surface area contributed by atoms with Crippen LogP contribution in [0.3, 0.4) is 0 Å². The summed E-state index contributed by atoms with van der Waals surface area (Å²) in [6.45, 7) is 5.31. The van der Waals surface area contributed by atoms with Gasteiger partial charge in [0.05, 0.1) is 6.73 Å². The molecule has 0 fully saturated rings. The molecule has 3 heteroatoms. The number of rotatable bonds is 3. The fraction of sp³-hybridized carbons (Fsp3) is 0.333. The largest absolute Gasteiger partial charge is 0.381 e. The second-order valence-corrected chi connectivity index (χ2v) is 4.38. The number of aliphatic hydroxyl groups is 1. The first-order valence-corrected chi connectivity index (χ1v) is 6.84. The summed E-state index contributed by atoms with van der Waals surface area (Å²) in [7, 11) is 1.89. The van der Waals surface area contributed by atoms with E-state index in [9.17, 15) is 0 Å². The summed E-state index contributed by atoms with van der Waals surface area (Å²) < 4.78 is 0. The van der Waals surface area contributed by atoms with E-state index in [1.165, 1.54) is 5.56 Å². The zero-order chi connectivity index (χ0) is 15.1. The van der Waals surface area contributed by atoms with Crippen molar-refractivity contribution in [1.29, 1.82) is 0 Å². The third-order valence-electron chi connectivity index (χ3n) is 2.34. The SMILES string of the molecule is CCCN(C)CO.Cc1cc[c-]cc1.[Y].[c-]1ccccc1. The molecular formula is C18H25NOY-2. The summed E-state index contributed by atoms with van der Waals surface area (Å²) >= 11 is 0. The molecule has 2 nitrogen and oxygen atoms in total. The molecule has 1 N–H and O–H groups in total. The van der Waals surface area contributed by atoms with Crippen molar-refractivity contribution in [1.82, 2.24) is 4.90 Å². The molecule has 0 saturated heterocycles. The van der Waals surface area contributed by atoms with E-state index in [0.29, 0.717) is 0 Å². The zero-order valence-electron chi connectivity index (χ0n) is 13.3. The number of benzene rings is 2. The Kier molecular flexibility index (Phi) is 19.0. The van der Waals surface area contributed by atoms with Gasteiger partial charge in [0.25, 0.3) is 0 Å². The second kappa shape index (κ2) is 17.5. The Bertz CT molecular complexity index is 368. The van der Waals surface area contributed by atoms with Crippen molar-refractivity contribution in [2.45, 2.75) is 20.3 Å². The summed E-state index contributed by atoms with van der Waals surface area (Å²) in [5, 5.41) is 8.39. The molecule has 2 aromatic carbocycles. The Balaban J connectivity index is 0. The molecule has 2 aromatic rings. The minimum Gasteiger partial charge on any atom is -0.381 e. The summed E-state index contributed by atoms with van der Waals surface area (Å²) in [4.78, 5) is 1.86. The molecule has 0 bridgehead atoms. The minimum atomic E-state index is 0. The molecule has 2 rings (SSSR count). The van der Waals surface area contributed by atoms with Crippen molar-refractivity contribution >= 4 is 0 Å². The predicted molar refractivity (Wildman–Crippen MR) is 85.3 cm³/mol. The van der Waals surface area contributed by atoms with Gasteiger partial charge in [0, 0.05) is 32.7 Å². The van der Waals surface area contributed by atoms with Gasteiger partial charge < -0.3 is 5.11 Å². The number of nitrogens with zero attached hydrogens (tertiary/aromatic N) is 1. The van der Waals surface area contributed by atoms with Gasteiger partial charge in [-0.1, -0.05) is 13.8 Å². The van der Waals surface area contributed by atoms with Crippen LogP contribution >= 0.6 is 0 Å². The van der Waals surface area contributed by atoms with E-state index in [0.717, 1.165) is 13.0 Å². The zero-order valence-corrected chi connectivity index (χ0v) is 16.1. The van der Waals surface area contributed by atoms with Crippen LogP contribution in [0.15, 0.2) is 54.6 Å². The molecule has 113 valence electrons. The van der Waals surface area contributed by atoms with Crippen molar-refractivity contribution in [3.05, 3.63) is 72.3 Å². The fourth-order valence-electron chi connectivity index (χ4n) is 1.26. The minimum absolute atomic E-state index is 0. The summed E-state index contributed by atoms with van der Waals surface area (Å²) in [6, 6.07) is 23.3. The van der Waals surface area contributed by atoms with Gasteiger partial charge in [0.15, 0.2) is 0 Å². The van der Waals surface area contributed by atoms with Crippen molar-refractivity contribution in [2.24, 2.45) is 0 Å². The Labute approximate surface area is 155 Å². The molecule has 0 aliphatic heterocycles. The molecule has 0 aliphatic rings. The van der Waals surface area contributed by atoms with Crippen LogP contribution in [0.25, 0.3) is 0 Å². The normalized spacial score (nSPS) is 8.62. The average molecular weight is 360 g/mol. The molecule has 0 aliphatic carbocycles. The average Bonchev–Trinajstić information content (AvgIpc) is 2.51. The van der Waals surface area contributed by atoms with Gasteiger partial charge in [-0.15, -0.1) is 0 Å². The van der Waals surface area contributed by atoms with E-state index in [-0.39, 0.29) is 39.4 Å². The Morgan fingerprint density at radius 3 is 1.71 bits per heavy atom. The predicted octanol–water partition coefficient (Wildman–Crippen LogP) is 3.56. The van der Waals surface area contributed by atoms with Crippen molar-refractivity contribution in [3.63, 3.8) is 0 Å². The van der Waals surface area contributed by atoms with Crippen LogP contribution in [-0.4, -0.2) is 30.3 Å². The van der Waals surface area contributed by atoms with E-state index < -0.39 is 0 Å². The topological polar surface area (TPSA) is 23.5 Å². The maximum absolute atomic E-state index is 8.39. The standard InChI is InChI=1S/C7H7.C6H5.C5H13NO.Y/c1-7-5-3-2-4-6-7;1-2-4-6-5-3-1;1-3-4-6(2)5-7;/h3-6H,1H3;1-5H;7H,3-5H2,1-2H3;/q2*-1;;. The molecule has 0 saturated carbocycles. The van der Waals surface area contributed by atoms with Gasteiger partial charge in [-0.2, -0.15) is 72.3 Å². The third-order valence-corrected chi connectivity index (χ3v) is 2.34. The molecule has 21 heavy (non-hydrogen) atoms. The number of aryl methyl sites for hydroxylation is 1. The van der Waals surface area contributed by atoms with Crippen LogP contribution < -0.4 is 0 Å². The first-order chi connectivity index (χ1) is 9.70. The second-order valence-electron chi connectivity index (χ2n) is 4.38. The van der Waals surface area contributed by atoms with E-state index >= 15 is 0 Å². The Morgan fingerprint density at radius 1 is 1.00 bits per heavy atom. The van der Waals surface area contributed by atoms with Gasteiger partial charge in [-0.3, -0.25) is 4.90 Å². The maximum Gasteiger partial charge on any atom is 0.0954 e. The summed E-state index contributed by atoms with van der Waals surface area (Å²) in [5.41, 5.74) is 1.29. The molecular weight excluding hydrogens is 335 g/mol. The molecule has 1 radical (unpaired) electrons. The maximum atomic E-state index is 8.39. The van der Waals surface area contributed by atoms with Gasteiger partial charge in [-0.05, 0) is 20.0 Å². The van der Waals surface area contributed by atoms with E-state index in [2.05, 4.69) is 26.0 Å². The number of hydrogen-bond donors (Lipinski definition) is 1. The van der Waals surface area contributed by atoms with E-state index in [4.69, 9.17) is 5.11 Å². The molecule has 0 spiro atoms. The van der Waals surface area contributed by atoms with Gasteiger partial charge >= 0.3 is 0 Å². The van der Waals surface area contributed by atoms with Crippen LogP contribution in [-0.2, 0) is 32.7 Å². The van der Waals surface area contributed by atoms with Crippen LogP contribution in [0.4, 0.5) is 0 Å². The van der Waals surface area contributed by atoms with E-state index in [1.807, 2.05) is 66.5 Å². The first-order valence-electron chi connectivity index (χ1n) is 6.84. The van der Waals surface area contributed by atoms with Crippen LogP contribution in [0.1, 0.15) is 18.9 Å². The Morgan fingerprint density at radius 2 is 1.52 bits per heavy atom. The molecule has 0 unspecified atom stereocenters. The summed E-state index contributed by atoms with van der Waals surface area (Å²) in [5.74, 6) is 0. The molecule has 0 atom stereocenters. The van der Waals surface area contributed by atoms with Crippen molar-refractivity contribution in [2.75, 3.05) is 20.3 Å². The van der Waals surface area contributed by atoms with Gasteiger partial charge in [-0.25, -0.2) is 0 Å². The fourth-order valence-corrected chi connectivity index (χ4v) is 1.26. The first kappa shape index (κ1) is 22.7. The molecule has 0 amide bonds. The number of hydrogen-bond acceptors (Lipinski definition) is 2. The van der Waals surface area contributed by atoms with Crippen molar-refractivity contribution in [3.8, 4) is 0 Å². The third kappa shape index (κ3) is 17.4. The smallest absolute Gasteiger partial charge is 0.0954 e. The summed E-state index contributed by atoms with van der Waals surface area (Å²) in [6.07, 6.45) is 1.11. The van der Waals surface area contributed by atoms with Gasteiger partial charge in [0.1, 0.15) is 0 Å². The molecule has 0 heterocycles. The Hall–Kier alpha value is -0.536. The van der Waals surface area contributed by atoms with Crippen LogP contribution in [0, 0.1) is 19.1 Å². The van der Waals surface area contributed by atoms with Crippen LogP contribution in [0.5, 0.6) is 0 Å². The van der Waals surface area contributed by atoms with Crippen LogP contribution in [0.2, 0.25) is 0 Å².